The average Bonchev–Trinajstić information content (AvgIpc) is 3.27. The van der Waals surface area contributed by atoms with Crippen LogP contribution < -0.4 is 15.4 Å². The molecule has 0 heterocycles. The summed E-state index contributed by atoms with van der Waals surface area (Å²) in [6.07, 6.45) is 2.81. The molecule has 24 heavy (non-hydrogen) atoms. The van der Waals surface area contributed by atoms with Crippen molar-refractivity contribution in [2.45, 2.75) is 43.7 Å². The van der Waals surface area contributed by atoms with E-state index < -0.39 is 15.7 Å². The molecule has 0 radical (unpaired) electrons. The molecular weight excluding hydrogens is 332 g/mol. The lowest BCUT2D eigenvalue weighted by Crippen LogP contribution is -2.38. The SMILES string of the molecule is CC(C)Oc1ccc(S(C)(=O)=O)cc1C(=O)NCC(=O)NC1CC1. The number of ether oxygens (including phenoxy) is 1. The van der Waals surface area contributed by atoms with Crippen LogP contribution in [0.1, 0.15) is 37.0 Å². The highest BCUT2D eigenvalue weighted by Crippen LogP contribution is 2.24. The van der Waals surface area contributed by atoms with Gasteiger partial charge in [-0.2, -0.15) is 0 Å². The predicted octanol–water partition coefficient (Wildman–Crippen LogP) is 0.886. The Morgan fingerprint density at radius 1 is 1.29 bits per heavy atom. The van der Waals surface area contributed by atoms with Crippen LogP contribution in [0, 0.1) is 0 Å². The van der Waals surface area contributed by atoms with Crippen LogP contribution in [0.25, 0.3) is 0 Å². The first-order valence-electron chi connectivity index (χ1n) is 7.75. The van der Waals surface area contributed by atoms with Crippen LogP contribution in [0.5, 0.6) is 5.75 Å². The van der Waals surface area contributed by atoms with E-state index in [1.165, 1.54) is 18.2 Å². The number of carbonyl (C=O) groups excluding carboxylic acids is 2. The third-order valence-corrected chi connectivity index (χ3v) is 4.45. The number of hydrogen-bond donors (Lipinski definition) is 2. The number of amides is 2. The van der Waals surface area contributed by atoms with Crippen LogP contribution in [0.3, 0.4) is 0 Å². The molecule has 0 saturated heterocycles. The molecule has 1 aliphatic carbocycles. The second-order valence-corrected chi connectivity index (χ2v) is 8.14. The summed E-state index contributed by atoms with van der Waals surface area (Å²) in [5, 5.41) is 5.26. The van der Waals surface area contributed by atoms with E-state index in [-0.39, 0.29) is 40.8 Å². The fourth-order valence-corrected chi connectivity index (χ4v) is 2.68. The summed E-state index contributed by atoms with van der Waals surface area (Å²) in [4.78, 5) is 24.1. The number of rotatable bonds is 7. The summed E-state index contributed by atoms with van der Waals surface area (Å²) in [5.74, 6) is -0.545. The fraction of sp³-hybridized carbons (Fsp3) is 0.500. The monoisotopic (exact) mass is 354 g/mol. The van der Waals surface area contributed by atoms with Gasteiger partial charge in [0.1, 0.15) is 5.75 Å². The summed E-state index contributed by atoms with van der Waals surface area (Å²) in [7, 11) is -3.46. The van der Waals surface area contributed by atoms with Crippen molar-refractivity contribution in [3.8, 4) is 5.75 Å². The number of benzene rings is 1. The van der Waals surface area contributed by atoms with E-state index >= 15 is 0 Å². The van der Waals surface area contributed by atoms with Crippen molar-refractivity contribution in [1.29, 1.82) is 0 Å². The van der Waals surface area contributed by atoms with E-state index in [0.29, 0.717) is 0 Å². The molecule has 2 amide bonds. The van der Waals surface area contributed by atoms with E-state index in [1.54, 1.807) is 13.8 Å². The van der Waals surface area contributed by atoms with Gasteiger partial charge in [0.05, 0.1) is 23.1 Å². The summed E-state index contributed by atoms with van der Waals surface area (Å²) in [5.41, 5.74) is 0.0887. The molecule has 1 aromatic rings. The second kappa shape index (κ2) is 7.21. The first-order valence-corrected chi connectivity index (χ1v) is 9.64. The topological polar surface area (TPSA) is 102 Å². The Morgan fingerprint density at radius 3 is 2.50 bits per heavy atom. The molecule has 132 valence electrons. The van der Waals surface area contributed by atoms with Crippen molar-refractivity contribution < 1.29 is 22.7 Å². The van der Waals surface area contributed by atoms with Crippen molar-refractivity contribution in [2.24, 2.45) is 0 Å². The number of sulfone groups is 1. The zero-order valence-corrected chi connectivity index (χ0v) is 14.8. The van der Waals surface area contributed by atoms with E-state index in [1.807, 2.05) is 0 Å². The molecule has 0 aromatic heterocycles. The maximum absolute atomic E-state index is 12.4. The minimum atomic E-state index is -3.46. The first kappa shape index (κ1) is 18.3. The van der Waals surface area contributed by atoms with Crippen LogP contribution in [0.4, 0.5) is 0 Å². The minimum absolute atomic E-state index is 0.0196. The van der Waals surface area contributed by atoms with E-state index in [4.69, 9.17) is 4.74 Å². The molecule has 0 unspecified atom stereocenters. The average molecular weight is 354 g/mol. The highest BCUT2D eigenvalue weighted by Gasteiger charge is 2.24. The highest BCUT2D eigenvalue weighted by atomic mass is 32.2. The van der Waals surface area contributed by atoms with Gasteiger partial charge in [-0.15, -0.1) is 0 Å². The molecule has 1 saturated carbocycles. The molecule has 2 N–H and O–H groups in total. The molecule has 1 fully saturated rings. The predicted molar refractivity (Wildman–Crippen MR) is 88.8 cm³/mol. The Labute approximate surface area is 141 Å². The molecule has 1 aromatic carbocycles. The summed E-state index contributed by atoms with van der Waals surface area (Å²) < 4.78 is 29.0. The van der Waals surface area contributed by atoms with Crippen LogP contribution in [-0.2, 0) is 14.6 Å². The van der Waals surface area contributed by atoms with Crippen LogP contribution in [0.15, 0.2) is 23.1 Å². The molecule has 2 rings (SSSR count). The van der Waals surface area contributed by atoms with Crippen molar-refractivity contribution in [3.63, 3.8) is 0 Å². The van der Waals surface area contributed by atoms with E-state index in [2.05, 4.69) is 10.6 Å². The van der Waals surface area contributed by atoms with Gasteiger partial charge >= 0.3 is 0 Å². The molecule has 0 atom stereocenters. The smallest absolute Gasteiger partial charge is 0.255 e. The third-order valence-electron chi connectivity index (χ3n) is 3.34. The number of hydrogen-bond acceptors (Lipinski definition) is 5. The van der Waals surface area contributed by atoms with Gasteiger partial charge in [0.25, 0.3) is 5.91 Å². The Bertz CT molecular complexity index is 739. The molecule has 8 heteroatoms. The zero-order valence-electron chi connectivity index (χ0n) is 14.0. The van der Waals surface area contributed by atoms with Gasteiger partial charge in [0.2, 0.25) is 5.91 Å². The maximum atomic E-state index is 12.4. The van der Waals surface area contributed by atoms with Gasteiger partial charge in [0, 0.05) is 12.3 Å². The Morgan fingerprint density at radius 2 is 1.96 bits per heavy atom. The van der Waals surface area contributed by atoms with Crippen LogP contribution in [-0.4, -0.2) is 45.2 Å². The first-order chi connectivity index (χ1) is 11.2. The Hall–Kier alpha value is -2.09. The Kier molecular flexibility index (Phi) is 5.48. The molecule has 0 aliphatic heterocycles. The summed E-state index contributed by atoms with van der Waals surface area (Å²) >= 11 is 0. The van der Waals surface area contributed by atoms with E-state index in [0.717, 1.165) is 19.1 Å². The highest BCUT2D eigenvalue weighted by molar-refractivity contribution is 7.90. The quantitative estimate of drug-likeness (QED) is 0.757. The van der Waals surface area contributed by atoms with Crippen molar-refractivity contribution in [2.75, 3.05) is 12.8 Å². The third kappa shape index (κ3) is 5.23. The van der Waals surface area contributed by atoms with Crippen molar-refractivity contribution in [1.82, 2.24) is 10.6 Å². The molecular formula is C16H22N2O5S. The lowest BCUT2D eigenvalue weighted by molar-refractivity contribution is -0.120. The van der Waals surface area contributed by atoms with Gasteiger partial charge < -0.3 is 15.4 Å². The fourth-order valence-electron chi connectivity index (χ4n) is 2.04. The van der Waals surface area contributed by atoms with Gasteiger partial charge in [-0.3, -0.25) is 9.59 Å². The summed E-state index contributed by atoms with van der Waals surface area (Å²) in [6.45, 7) is 3.43. The van der Waals surface area contributed by atoms with Crippen molar-refractivity contribution >= 4 is 21.7 Å². The minimum Gasteiger partial charge on any atom is -0.490 e. The van der Waals surface area contributed by atoms with E-state index in [9.17, 15) is 18.0 Å². The summed E-state index contributed by atoms with van der Waals surface area (Å²) in [6, 6.07) is 4.32. The number of carbonyl (C=O) groups is 2. The normalized spacial score (nSPS) is 14.3. The van der Waals surface area contributed by atoms with Crippen LogP contribution in [0.2, 0.25) is 0 Å². The van der Waals surface area contributed by atoms with Gasteiger partial charge in [-0.25, -0.2) is 8.42 Å². The van der Waals surface area contributed by atoms with Crippen molar-refractivity contribution in [3.05, 3.63) is 23.8 Å². The largest absolute Gasteiger partial charge is 0.490 e. The van der Waals surface area contributed by atoms with Gasteiger partial charge in [0.15, 0.2) is 9.84 Å². The standard InChI is InChI=1S/C16H22N2O5S/c1-10(2)23-14-7-6-12(24(3,21)22)8-13(14)16(20)17-9-15(19)18-11-4-5-11/h6-8,10-11H,4-5,9H2,1-3H3,(H,17,20)(H,18,19). The maximum Gasteiger partial charge on any atom is 0.255 e. The second-order valence-electron chi connectivity index (χ2n) is 6.12. The van der Waals surface area contributed by atoms with Crippen LogP contribution >= 0.6 is 0 Å². The molecule has 0 spiro atoms. The number of nitrogens with one attached hydrogen (secondary N) is 2. The van der Waals surface area contributed by atoms with Gasteiger partial charge in [-0.1, -0.05) is 0 Å². The molecule has 0 bridgehead atoms. The van der Waals surface area contributed by atoms with Gasteiger partial charge in [-0.05, 0) is 44.9 Å². The molecule has 7 nitrogen and oxygen atoms in total. The Balaban J connectivity index is 2.16. The lowest BCUT2D eigenvalue weighted by atomic mass is 10.2. The lowest BCUT2D eigenvalue weighted by Gasteiger charge is -2.15. The zero-order chi connectivity index (χ0) is 17.9. The molecule has 1 aliphatic rings.